The van der Waals surface area contributed by atoms with Crippen LogP contribution in [0.1, 0.15) is 48.0 Å². The van der Waals surface area contributed by atoms with E-state index in [0.29, 0.717) is 36.1 Å². The summed E-state index contributed by atoms with van der Waals surface area (Å²) in [6, 6.07) is 10.3. The fraction of sp³-hybridized carbons (Fsp3) is 0.517. The van der Waals surface area contributed by atoms with E-state index in [0.717, 1.165) is 80.7 Å². The molecule has 0 aliphatic carbocycles. The minimum Gasteiger partial charge on any atom is -0.494 e. The van der Waals surface area contributed by atoms with Gasteiger partial charge in [-0.1, -0.05) is 30.2 Å². The van der Waals surface area contributed by atoms with Gasteiger partial charge in [-0.25, -0.2) is 13.4 Å². The van der Waals surface area contributed by atoms with E-state index >= 15 is 0 Å². The van der Waals surface area contributed by atoms with E-state index in [4.69, 9.17) is 14.5 Å². The largest absolute Gasteiger partial charge is 0.494 e. The molecule has 1 aromatic heterocycles. The van der Waals surface area contributed by atoms with Gasteiger partial charge in [0.25, 0.3) is 5.91 Å². The predicted molar refractivity (Wildman–Crippen MR) is 165 cm³/mol. The summed E-state index contributed by atoms with van der Waals surface area (Å²) in [4.78, 5) is 23.1. The number of hydrogen-bond donors (Lipinski definition) is 0. The Labute approximate surface area is 252 Å². The number of aryl methyl sites for hydroxylation is 1. The van der Waals surface area contributed by atoms with Gasteiger partial charge < -0.3 is 9.47 Å². The SMILES string of the molecule is COc1ccc(C)c2sc(N(CCCN3CCOCC3)C(=O)c3ccc(S(=O)(=O)N4CCCCCC4)cc3)nc12.Cl. The minimum atomic E-state index is -3.59. The van der Waals surface area contributed by atoms with Crippen molar-refractivity contribution in [1.29, 1.82) is 0 Å². The third kappa shape index (κ3) is 7.21. The molecule has 0 bridgehead atoms. The first-order valence-corrected chi connectivity index (χ1v) is 16.3. The first-order valence-electron chi connectivity index (χ1n) is 14.0. The Morgan fingerprint density at radius 1 is 1.02 bits per heavy atom. The van der Waals surface area contributed by atoms with Crippen LogP contribution in [0.25, 0.3) is 10.2 Å². The van der Waals surface area contributed by atoms with Crippen LogP contribution in [0.5, 0.6) is 5.75 Å². The smallest absolute Gasteiger partial charge is 0.260 e. The number of rotatable bonds is 9. The van der Waals surface area contributed by atoms with Gasteiger partial charge in [-0.2, -0.15) is 4.31 Å². The third-order valence-electron chi connectivity index (χ3n) is 7.65. The van der Waals surface area contributed by atoms with Crippen molar-refractivity contribution < 1.29 is 22.7 Å². The van der Waals surface area contributed by atoms with Crippen LogP contribution in [0.4, 0.5) is 5.13 Å². The van der Waals surface area contributed by atoms with Gasteiger partial charge in [0.15, 0.2) is 5.13 Å². The number of halogens is 1. The zero-order chi connectivity index (χ0) is 28.1. The Morgan fingerprint density at radius 3 is 2.37 bits per heavy atom. The number of morpholine rings is 1. The Kier molecular flexibility index (Phi) is 11.0. The molecule has 2 aliphatic rings. The molecule has 2 aliphatic heterocycles. The zero-order valence-corrected chi connectivity index (χ0v) is 26.2. The number of anilines is 1. The maximum atomic E-state index is 13.9. The van der Waals surface area contributed by atoms with Crippen LogP contribution in [0.15, 0.2) is 41.3 Å². The van der Waals surface area contributed by atoms with Gasteiger partial charge in [0.1, 0.15) is 11.3 Å². The Morgan fingerprint density at radius 2 is 1.71 bits per heavy atom. The molecule has 0 unspecified atom stereocenters. The maximum absolute atomic E-state index is 13.9. The first-order chi connectivity index (χ1) is 19.4. The molecule has 41 heavy (non-hydrogen) atoms. The second-order valence-corrected chi connectivity index (χ2v) is 13.3. The molecule has 224 valence electrons. The number of ether oxygens (including phenoxy) is 2. The van der Waals surface area contributed by atoms with Gasteiger partial charge in [-0.3, -0.25) is 14.6 Å². The Hall–Kier alpha value is -2.28. The lowest BCUT2D eigenvalue weighted by Crippen LogP contribution is -2.39. The van der Waals surface area contributed by atoms with Crippen LogP contribution in [-0.2, 0) is 14.8 Å². The van der Waals surface area contributed by atoms with Gasteiger partial charge in [0.05, 0.1) is 29.9 Å². The molecule has 0 atom stereocenters. The van der Waals surface area contributed by atoms with Gasteiger partial charge >= 0.3 is 0 Å². The number of sulfonamides is 1. The summed E-state index contributed by atoms with van der Waals surface area (Å²) in [5, 5.41) is 0.607. The molecule has 0 N–H and O–H groups in total. The number of hydrogen-bond acceptors (Lipinski definition) is 8. The van der Waals surface area contributed by atoms with Crippen LogP contribution in [0, 0.1) is 6.92 Å². The summed E-state index contributed by atoms with van der Waals surface area (Å²) in [5.74, 6) is 0.475. The number of fused-ring (bicyclic) bond motifs is 1. The second kappa shape index (κ2) is 14.3. The quantitative estimate of drug-likeness (QED) is 0.333. The van der Waals surface area contributed by atoms with Gasteiger partial charge in [-0.15, -0.1) is 12.4 Å². The number of nitrogens with zero attached hydrogens (tertiary/aromatic N) is 4. The van der Waals surface area contributed by atoms with Gasteiger partial charge in [0.2, 0.25) is 10.0 Å². The highest BCUT2D eigenvalue weighted by molar-refractivity contribution is 7.89. The maximum Gasteiger partial charge on any atom is 0.260 e. The van der Waals surface area contributed by atoms with Crippen molar-refractivity contribution in [2.75, 3.05) is 64.5 Å². The lowest BCUT2D eigenvalue weighted by atomic mass is 10.2. The molecule has 2 saturated heterocycles. The van der Waals surface area contributed by atoms with Crippen molar-refractivity contribution in [2.45, 2.75) is 43.9 Å². The van der Waals surface area contributed by atoms with E-state index in [2.05, 4.69) is 4.90 Å². The monoisotopic (exact) mass is 622 g/mol. The number of carbonyl (C=O) groups is 1. The third-order valence-corrected chi connectivity index (χ3v) is 10.8. The topological polar surface area (TPSA) is 92.3 Å². The number of aromatic nitrogens is 1. The summed E-state index contributed by atoms with van der Waals surface area (Å²) in [6.45, 7) is 7.69. The average Bonchev–Trinajstić information content (AvgIpc) is 3.23. The number of benzene rings is 2. The number of thiazole rings is 1. The summed E-state index contributed by atoms with van der Waals surface area (Å²) < 4.78 is 40.1. The van der Waals surface area contributed by atoms with E-state index in [1.54, 1.807) is 40.6 Å². The highest BCUT2D eigenvalue weighted by Crippen LogP contribution is 2.37. The predicted octanol–water partition coefficient (Wildman–Crippen LogP) is 4.97. The Balaban J connectivity index is 0.00000387. The van der Waals surface area contributed by atoms with Gasteiger partial charge in [-0.05, 0) is 62.1 Å². The molecule has 0 saturated carbocycles. The normalized spacial score (nSPS) is 17.1. The lowest BCUT2D eigenvalue weighted by Gasteiger charge is -2.27. The minimum absolute atomic E-state index is 0. The van der Waals surface area contributed by atoms with E-state index in [-0.39, 0.29) is 23.2 Å². The van der Waals surface area contributed by atoms with Crippen molar-refractivity contribution in [2.24, 2.45) is 0 Å². The van der Waals surface area contributed by atoms with Crippen molar-refractivity contribution in [1.82, 2.24) is 14.2 Å². The first kappa shape index (κ1) is 31.7. The molecular formula is C29H39ClN4O5S2. The molecule has 1 amide bonds. The summed E-state index contributed by atoms with van der Waals surface area (Å²) in [7, 11) is -1.97. The van der Waals surface area contributed by atoms with Crippen LogP contribution in [-0.4, -0.2) is 88.1 Å². The summed E-state index contributed by atoms with van der Waals surface area (Å²) in [5.41, 5.74) is 2.25. The van der Waals surface area contributed by atoms with Crippen LogP contribution >= 0.6 is 23.7 Å². The molecule has 2 fully saturated rings. The zero-order valence-electron chi connectivity index (χ0n) is 23.7. The van der Waals surface area contributed by atoms with E-state index < -0.39 is 10.0 Å². The molecule has 3 aromatic rings. The second-order valence-electron chi connectivity index (χ2n) is 10.4. The standard InChI is InChI=1S/C29H38N4O5S2.ClH/c1-22-8-13-25(37-2)26-27(22)39-29(30-26)33(17-7-14-31-18-20-38-21-19-31)28(34)23-9-11-24(12-10-23)40(35,36)32-15-5-3-4-6-16-32;/h8-13H,3-7,14-21H2,1-2H3;1H. The van der Waals surface area contributed by atoms with Crippen molar-refractivity contribution in [3.05, 3.63) is 47.5 Å². The lowest BCUT2D eigenvalue weighted by molar-refractivity contribution is 0.0376. The molecule has 3 heterocycles. The van der Waals surface area contributed by atoms with Crippen molar-refractivity contribution >= 4 is 55.0 Å². The molecule has 2 aromatic carbocycles. The summed E-state index contributed by atoms with van der Waals surface area (Å²) in [6.07, 6.45) is 4.64. The molecule has 9 nitrogen and oxygen atoms in total. The highest BCUT2D eigenvalue weighted by atomic mass is 35.5. The van der Waals surface area contributed by atoms with Gasteiger partial charge in [0, 0.05) is 44.8 Å². The fourth-order valence-electron chi connectivity index (χ4n) is 5.30. The number of methoxy groups -OCH3 is 1. The van der Waals surface area contributed by atoms with E-state index in [1.807, 2.05) is 19.1 Å². The molecule has 0 spiro atoms. The Bertz CT molecular complexity index is 1420. The molecule has 0 radical (unpaired) electrons. The van der Waals surface area contributed by atoms with Crippen LogP contribution < -0.4 is 9.64 Å². The van der Waals surface area contributed by atoms with Crippen LogP contribution in [0.2, 0.25) is 0 Å². The number of carbonyl (C=O) groups excluding carboxylic acids is 1. The van der Waals surface area contributed by atoms with Crippen LogP contribution in [0.3, 0.4) is 0 Å². The van der Waals surface area contributed by atoms with Crippen molar-refractivity contribution in [3.63, 3.8) is 0 Å². The average molecular weight is 623 g/mol. The van der Waals surface area contributed by atoms with E-state index in [1.165, 1.54) is 11.3 Å². The fourth-order valence-corrected chi connectivity index (χ4v) is 7.89. The molecular weight excluding hydrogens is 584 g/mol. The van der Waals surface area contributed by atoms with E-state index in [9.17, 15) is 13.2 Å². The number of amides is 1. The highest BCUT2D eigenvalue weighted by Gasteiger charge is 2.27. The van der Waals surface area contributed by atoms with Crippen molar-refractivity contribution in [3.8, 4) is 5.75 Å². The molecule has 12 heteroatoms. The summed E-state index contributed by atoms with van der Waals surface area (Å²) >= 11 is 1.48. The molecule has 5 rings (SSSR count).